The minimum Gasteiger partial charge on any atom is -0.358 e. The van der Waals surface area contributed by atoms with Crippen molar-refractivity contribution in [3.8, 4) is 0 Å². The molecule has 0 aliphatic rings. The third kappa shape index (κ3) is 3.36. The van der Waals surface area contributed by atoms with Gasteiger partial charge in [-0.3, -0.25) is 10.1 Å². The first-order chi connectivity index (χ1) is 11.9. The van der Waals surface area contributed by atoms with E-state index in [0.29, 0.717) is 17.2 Å². The summed E-state index contributed by atoms with van der Waals surface area (Å²) in [6.07, 6.45) is 0.454. The second-order valence-electron chi connectivity index (χ2n) is 5.75. The quantitative estimate of drug-likeness (QED) is 0.554. The van der Waals surface area contributed by atoms with Gasteiger partial charge in [0.05, 0.1) is 27.1 Å². The molecule has 130 valence electrons. The molecule has 1 N–H and O–H groups in total. The van der Waals surface area contributed by atoms with E-state index in [1.165, 1.54) is 22.1 Å². The number of benzene rings is 1. The topological polar surface area (TPSA) is 103 Å². The number of anilines is 1. The van der Waals surface area contributed by atoms with E-state index in [0.717, 1.165) is 15.8 Å². The van der Waals surface area contributed by atoms with Crippen molar-refractivity contribution < 1.29 is 9.72 Å². The summed E-state index contributed by atoms with van der Waals surface area (Å²) in [5, 5.41) is 18.1. The fourth-order valence-corrected chi connectivity index (χ4v) is 3.59. The molecule has 2 aromatic heterocycles. The Balaban J connectivity index is 1.85. The van der Waals surface area contributed by atoms with Crippen LogP contribution in [-0.2, 0) is 4.79 Å². The van der Waals surface area contributed by atoms with E-state index < -0.39 is 11.0 Å². The molecule has 0 bridgehead atoms. The normalized spacial score (nSPS) is 12.3. The van der Waals surface area contributed by atoms with Crippen LogP contribution in [0.3, 0.4) is 0 Å². The SMILES string of the molecule is CCC(C(=O)Nc1nc2ccc(C)cc2s1)n1nc([N+](=O)[O-])cc1C. The molecule has 25 heavy (non-hydrogen) atoms. The van der Waals surface area contributed by atoms with Crippen LogP contribution in [0.5, 0.6) is 0 Å². The summed E-state index contributed by atoms with van der Waals surface area (Å²) in [5.74, 6) is -0.557. The van der Waals surface area contributed by atoms with Gasteiger partial charge in [0.2, 0.25) is 0 Å². The lowest BCUT2D eigenvalue weighted by atomic mass is 10.2. The first-order valence-corrected chi connectivity index (χ1v) is 8.59. The number of nitro groups is 1. The second kappa shape index (κ2) is 6.60. The molecule has 9 heteroatoms. The summed E-state index contributed by atoms with van der Waals surface area (Å²) in [6.45, 7) is 5.52. The van der Waals surface area contributed by atoms with E-state index in [2.05, 4.69) is 15.4 Å². The fraction of sp³-hybridized carbons (Fsp3) is 0.312. The maximum atomic E-state index is 12.6. The maximum absolute atomic E-state index is 12.6. The van der Waals surface area contributed by atoms with Gasteiger partial charge in [0, 0.05) is 0 Å². The number of hydrogen-bond acceptors (Lipinski definition) is 6. The molecule has 1 amide bonds. The van der Waals surface area contributed by atoms with Crippen LogP contribution in [0.15, 0.2) is 24.3 Å². The van der Waals surface area contributed by atoms with E-state index in [4.69, 9.17) is 0 Å². The Morgan fingerprint density at radius 2 is 2.16 bits per heavy atom. The Labute approximate surface area is 147 Å². The number of amides is 1. The molecule has 0 radical (unpaired) electrons. The number of aryl methyl sites for hydroxylation is 2. The van der Waals surface area contributed by atoms with E-state index in [1.807, 2.05) is 32.0 Å². The lowest BCUT2D eigenvalue weighted by molar-refractivity contribution is -0.389. The van der Waals surface area contributed by atoms with Crippen molar-refractivity contribution in [2.45, 2.75) is 33.2 Å². The van der Waals surface area contributed by atoms with Gasteiger partial charge < -0.3 is 10.1 Å². The van der Waals surface area contributed by atoms with Crippen LogP contribution in [0.1, 0.15) is 30.6 Å². The van der Waals surface area contributed by atoms with Gasteiger partial charge in [0.1, 0.15) is 0 Å². The Hall–Kier alpha value is -2.81. The largest absolute Gasteiger partial charge is 0.390 e. The van der Waals surface area contributed by atoms with Crippen molar-refractivity contribution in [1.29, 1.82) is 0 Å². The predicted molar refractivity (Wildman–Crippen MR) is 95.9 cm³/mol. The molecular formula is C16H17N5O3S. The highest BCUT2D eigenvalue weighted by Crippen LogP contribution is 2.28. The molecule has 3 rings (SSSR count). The van der Waals surface area contributed by atoms with E-state index >= 15 is 0 Å². The van der Waals surface area contributed by atoms with E-state index in [9.17, 15) is 14.9 Å². The van der Waals surface area contributed by atoms with Crippen LogP contribution < -0.4 is 5.32 Å². The van der Waals surface area contributed by atoms with Gasteiger partial charge in [0.25, 0.3) is 5.91 Å². The molecular weight excluding hydrogens is 342 g/mol. The van der Waals surface area contributed by atoms with Gasteiger partial charge in [0.15, 0.2) is 11.2 Å². The van der Waals surface area contributed by atoms with Crippen LogP contribution in [-0.4, -0.2) is 25.6 Å². The summed E-state index contributed by atoms with van der Waals surface area (Å²) in [4.78, 5) is 27.4. The lowest BCUT2D eigenvalue weighted by Crippen LogP contribution is -2.27. The van der Waals surface area contributed by atoms with Crippen LogP contribution in [0.2, 0.25) is 0 Å². The minimum absolute atomic E-state index is 0.265. The van der Waals surface area contributed by atoms with E-state index in [1.54, 1.807) is 6.92 Å². The van der Waals surface area contributed by atoms with Gasteiger partial charge >= 0.3 is 5.82 Å². The number of rotatable bonds is 5. The zero-order valence-electron chi connectivity index (χ0n) is 14.0. The fourth-order valence-electron chi connectivity index (χ4n) is 2.62. The van der Waals surface area contributed by atoms with Crippen LogP contribution in [0.4, 0.5) is 10.9 Å². The number of aromatic nitrogens is 3. The molecule has 8 nitrogen and oxygen atoms in total. The summed E-state index contributed by atoms with van der Waals surface area (Å²) in [7, 11) is 0. The number of carbonyl (C=O) groups excluding carboxylic acids is 1. The molecule has 0 fully saturated rings. The summed E-state index contributed by atoms with van der Waals surface area (Å²) in [6, 6.07) is 6.61. The standard InChI is InChI=1S/C16H17N5O3S/c1-4-12(20-10(3)8-14(19-20)21(23)24)15(22)18-16-17-11-6-5-9(2)7-13(11)25-16/h5-8,12H,4H2,1-3H3,(H,17,18,22). The molecule has 3 aromatic rings. The summed E-state index contributed by atoms with van der Waals surface area (Å²) in [5.41, 5.74) is 2.51. The molecule has 0 saturated carbocycles. The maximum Gasteiger partial charge on any atom is 0.390 e. The molecule has 0 spiro atoms. The second-order valence-corrected chi connectivity index (χ2v) is 6.78. The zero-order valence-corrected chi connectivity index (χ0v) is 14.8. The third-order valence-electron chi connectivity index (χ3n) is 3.86. The van der Waals surface area contributed by atoms with Gasteiger partial charge in [-0.05, 0) is 42.9 Å². The third-order valence-corrected chi connectivity index (χ3v) is 4.79. The smallest absolute Gasteiger partial charge is 0.358 e. The average molecular weight is 359 g/mol. The summed E-state index contributed by atoms with van der Waals surface area (Å²) < 4.78 is 2.39. The number of hydrogen-bond donors (Lipinski definition) is 1. The van der Waals surface area contributed by atoms with Crippen molar-refractivity contribution in [3.05, 3.63) is 45.6 Å². The Kier molecular flexibility index (Phi) is 4.49. The van der Waals surface area contributed by atoms with E-state index in [-0.39, 0.29) is 11.7 Å². The Morgan fingerprint density at radius 1 is 1.40 bits per heavy atom. The van der Waals surface area contributed by atoms with Gasteiger partial charge in [-0.15, -0.1) is 0 Å². The first-order valence-electron chi connectivity index (χ1n) is 7.77. The van der Waals surface area contributed by atoms with Crippen molar-refractivity contribution in [1.82, 2.24) is 14.8 Å². The lowest BCUT2D eigenvalue weighted by Gasteiger charge is -2.12. The highest BCUT2D eigenvalue weighted by atomic mass is 32.1. The van der Waals surface area contributed by atoms with Gasteiger partial charge in [-0.2, -0.15) is 4.68 Å². The molecule has 2 heterocycles. The first kappa shape index (κ1) is 17.0. The monoisotopic (exact) mass is 359 g/mol. The van der Waals surface area contributed by atoms with Crippen molar-refractivity contribution in [2.24, 2.45) is 0 Å². The average Bonchev–Trinajstić information content (AvgIpc) is 3.11. The zero-order chi connectivity index (χ0) is 18.1. The molecule has 0 aliphatic carbocycles. The Bertz CT molecular complexity index is 962. The minimum atomic E-state index is -0.637. The number of thiazole rings is 1. The highest BCUT2D eigenvalue weighted by Gasteiger charge is 2.27. The van der Waals surface area contributed by atoms with Crippen molar-refractivity contribution in [3.63, 3.8) is 0 Å². The molecule has 1 unspecified atom stereocenters. The van der Waals surface area contributed by atoms with Crippen LogP contribution in [0.25, 0.3) is 10.2 Å². The number of nitrogens with one attached hydrogen (secondary N) is 1. The molecule has 1 aromatic carbocycles. The van der Waals surface area contributed by atoms with Crippen LogP contribution in [0, 0.1) is 24.0 Å². The predicted octanol–water partition coefficient (Wildman–Crippen LogP) is 3.61. The Morgan fingerprint density at radius 3 is 2.80 bits per heavy atom. The molecule has 0 aliphatic heterocycles. The summed E-state index contributed by atoms with van der Waals surface area (Å²) >= 11 is 1.40. The van der Waals surface area contributed by atoms with Gasteiger partial charge in [-0.25, -0.2) is 4.98 Å². The number of nitrogens with zero attached hydrogens (tertiary/aromatic N) is 4. The molecule has 0 saturated heterocycles. The highest BCUT2D eigenvalue weighted by molar-refractivity contribution is 7.22. The van der Waals surface area contributed by atoms with Crippen molar-refractivity contribution >= 4 is 38.4 Å². The number of carbonyl (C=O) groups is 1. The number of fused-ring (bicyclic) bond motifs is 1. The van der Waals surface area contributed by atoms with Crippen molar-refractivity contribution in [2.75, 3.05) is 5.32 Å². The van der Waals surface area contributed by atoms with Gasteiger partial charge in [-0.1, -0.05) is 24.3 Å². The van der Waals surface area contributed by atoms with Crippen LogP contribution >= 0.6 is 11.3 Å². The molecule has 1 atom stereocenters.